The third kappa shape index (κ3) is 3.39. The standard InChI is InChI=1S/C23H26N4O2/c1-28-12-13-29-19-9-11-26-22(16-25-23(26)14-19)21-7-6-17-4-2-3-5-20(17)27(21)18-8-10-24-15-18/h2-7,9,11,14,16,18,21,24H,8,10,12-13,15H2,1H3/t18?,21-/m1/s1. The van der Waals surface area contributed by atoms with Crippen LogP contribution in [0.4, 0.5) is 5.69 Å². The molecule has 2 aliphatic heterocycles. The fraction of sp³-hybridized carbons (Fsp3) is 0.348. The number of methoxy groups -OCH3 is 1. The molecule has 29 heavy (non-hydrogen) atoms. The van der Waals surface area contributed by atoms with Gasteiger partial charge in [-0.2, -0.15) is 0 Å². The molecule has 150 valence electrons. The van der Waals surface area contributed by atoms with Gasteiger partial charge in [0.25, 0.3) is 0 Å². The number of fused-ring (bicyclic) bond motifs is 2. The second-order valence-electron chi connectivity index (χ2n) is 7.53. The molecule has 5 rings (SSSR count). The Morgan fingerprint density at radius 3 is 3.00 bits per heavy atom. The molecule has 1 saturated heterocycles. The van der Waals surface area contributed by atoms with E-state index in [4.69, 9.17) is 9.47 Å². The number of aromatic nitrogens is 2. The summed E-state index contributed by atoms with van der Waals surface area (Å²) in [7, 11) is 1.68. The Bertz CT molecular complexity index is 1020. The summed E-state index contributed by atoms with van der Waals surface area (Å²) < 4.78 is 13.0. The zero-order valence-corrected chi connectivity index (χ0v) is 16.6. The first kappa shape index (κ1) is 18.2. The van der Waals surface area contributed by atoms with Crippen molar-refractivity contribution in [2.75, 3.05) is 38.3 Å². The van der Waals surface area contributed by atoms with Crippen LogP contribution in [-0.2, 0) is 4.74 Å². The normalized spacial score (nSPS) is 20.9. The highest BCUT2D eigenvalue weighted by molar-refractivity contribution is 5.73. The quantitative estimate of drug-likeness (QED) is 0.655. The van der Waals surface area contributed by atoms with Gasteiger partial charge < -0.3 is 24.1 Å². The van der Waals surface area contributed by atoms with E-state index < -0.39 is 0 Å². The molecule has 4 heterocycles. The summed E-state index contributed by atoms with van der Waals surface area (Å²) in [6, 6.07) is 13.2. The molecule has 1 fully saturated rings. The summed E-state index contributed by atoms with van der Waals surface area (Å²) >= 11 is 0. The first-order chi connectivity index (χ1) is 14.3. The Hall–Kier alpha value is -2.83. The van der Waals surface area contributed by atoms with Crippen molar-refractivity contribution < 1.29 is 9.47 Å². The Morgan fingerprint density at radius 1 is 1.21 bits per heavy atom. The number of nitrogens with one attached hydrogen (secondary N) is 1. The van der Waals surface area contributed by atoms with Crippen molar-refractivity contribution in [1.29, 1.82) is 0 Å². The predicted octanol–water partition coefficient (Wildman–Crippen LogP) is 3.30. The smallest absolute Gasteiger partial charge is 0.140 e. The van der Waals surface area contributed by atoms with E-state index in [9.17, 15) is 0 Å². The minimum atomic E-state index is 0.144. The molecular weight excluding hydrogens is 364 g/mol. The van der Waals surface area contributed by atoms with Crippen molar-refractivity contribution >= 4 is 17.4 Å². The summed E-state index contributed by atoms with van der Waals surface area (Å²) in [5.41, 5.74) is 4.63. The molecule has 6 nitrogen and oxygen atoms in total. The van der Waals surface area contributed by atoms with Crippen molar-refractivity contribution in [2.45, 2.75) is 18.5 Å². The number of hydrogen-bond donors (Lipinski definition) is 1. The molecule has 0 saturated carbocycles. The number of rotatable bonds is 6. The monoisotopic (exact) mass is 390 g/mol. The van der Waals surface area contributed by atoms with E-state index in [1.165, 1.54) is 16.9 Å². The molecule has 2 aliphatic rings. The highest BCUT2D eigenvalue weighted by Gasteiger charge is 2.33. The summed E-state index contributed by atoms with van der Waals surface area (Å²) in [4.78, 5) is 7.23. The molecule has 1 aromatic carbocycles. The molecule has 2 aromatic heterocycles. The second-order valence-corrected chi connectivity index (χ2v) is 7.53. The Morgan fingerprint density at radius 2 is 2.14 bits per heavy atom. The second kappa shape index (κ2) is 7.89. The zero-order valence-electron chi connectivity index (χ0n) is 16.6. The average Bonchev–Trinajstić information content (AvgIpc) is 3.43. The highest BCUT2D eigenvalue weighted by atomic mass is 16.5. The van der Waals surface area contributed by atoms with Crippen LogP contribution in [0, 0.1) is 0 Å². The predicted molar refractivity (Wildman–Crippen MR) is 115 cm³/mol. The van der Waals surface area contributed by atoms with Crippen LogP contribution in [0.1, 0.15) is 23.7 Å². The van der Waals surface area contributed by atoms with Crippen LogP contribution in [0.25, 0.3) is 11.7 Å². The van der Waals surface area contributed by atoms with Gasteiger partial charge in [0.05, 0.1) is 24.5 Å². The molecule has 2 atom stereocenters. The summed E-state index contributed by atoms with van der Waals surface area (Å²) in [5, 5.41) is 3.52. The lowest BCUT2D eigenvalue weighted by Crippen LogP contribution is -2.41. The molecule has 6 heteroatoms. The fourth-order valence-corrected chi connectivity index (χ4v) is 4.38. The van der Waals surface area contributed by atoms with E-state index in [1.807, 2.05) is 18.3 Å². The van der Waals surface area contributed by atoms with E-state index in [2.05, 4.69) is 62.2 Å². The minimum Gasteiger partial charge on any atom is -0.491 e. The fourth-order valence-electron chi connectivity index (χ4n) is 4.38. The zero-order chi connectivity index (χ0) is 19.6. The minimum absolute atomic E-state index is 0.144. The number of ether oxygens (including phenoxy) is 2. The maximum atomic E-state index is 5.75. The first-order valence-corrected chi connectivity index (χ1v) is 10.2. The van der Waals surface area contributed by atoms with E-state index in [0.717, 1.165) is 30.9 Å². The largest absolute Gasteiger partial charge is 0.491 e. The maximum absolute atomic E-state index is 5.75. The Labute approximate surface area is 170 Å². The molecule has 0 aliphatic carbocycles. The van der Waals surface area contributed by atoms with E-state index in [1.54, 1.807) is 7.11 Å². The molecule has 0 amide bonds. The maximum Gasteiger partial charge on any atom is 0.140 e. The summed E-state index contributed by atoms with van der Waals surface area (Å²) in [6.07, 6.45) is 9.73. The van der Waals surface area contributed by atoms with Crippen molar-refractivity contribution in [3.8, 4) is 5.75 Å². The number of anilines is 1. The number of nitrogens with zero attached hydrogens (tertiary/aromatic N) is 3. The van der Waals surface area contributed by atoms with E-state index in [0.29, 0.717) is 19.3 Å². The summed E-state index contributed by atoms with van der Waals surface area (Å²) in [5.74, 6) is 0.813. The van der Waals surface area contributed by atoms with Crippen LogP contribution in [0.5, 0.6) is 5.75 Å². The van der Waals surface area contributed by atoms with Crippen LogP contribution in [-0.4, -0.2) is 48.8 Å². The Balaban J connectivity index is 1.51. The van der Waals surface area contributed by atoms with Gasteiger partial charge in [-0.1, -0.05) is 30.4 Å². The van der Waals surface area contributed by atoms with Crippen LogP contribution in [0.2, 0.25) is 0 Å². The number of imidazole rings is 1. The van der Waals surface area contributed by atoms with Crippen LogP contribution >= 0.6 is 0 Å². The first-order valence-electron chi connectivity index (χ1n) is 10.2. The molecule has 1 unspecified atom stereocenters. The van der Waals surface area contributed by atoms with Gasteiger partial charge in [-0.25, -0.2) is 4.98 Å². The number of para-hydroxylation sites is 1. The SMILES string of the molecule is COCCOc1ccn2c([C@H]3C=Cc4ccccc4N3C3CCNC3)cnc2c1. The van der Waals surface area contributed by atoms with Crippen molar-refractivity contribution in [1.82, 2.24) is 14.7 Å². The highest BCUT2D eigenvalue weighted by Crippen LogP contribution is 2.39. The van der Waals surface area contributed by atoms with Crippen LogP contribution in [0.3, 0.4) is 0 Å². The van der Waals surface area contributed by atoms with Crippen LogP contribution in [0.15, 0.2) is 54.9 Å². The van der Waals surface area contributed by atoms with Gasteiger partial charge in [-0.05, 0) is 30.7 Å². The van der Waals surface area contributed by atoms with Gasteiger partial charge in [-0.15, -0.1) is 0 Å². The third-order valence-corrected chi connectivity index (χ3v) is 5.77. The van der Waals surface area contributed by atoms with E-state index in [-0.39, 0.29) is 6.04 Å². The van der Waals surface area contributed by atoms with Gasteiger partial charge in [0.1, 0.15) is 18.0 Å². The van der Waals surface area contributed by atoms with Gasteiger partial charge >= 0.3 is 0 Å². The van der Waals surface area contributed by atoms with Crippen LogP contribution < -0.4 is 15.0 Å². The molecule has 0 spiro atoms. The van der Waals surface area contributed by atoms with Crippen molar-refractivity contribution in [3.05, 3.63) is 66.1 Å². The lowest BCUT2D eigenvalue weighted by Gasteiger charge is -2.39. The molecule has 0 bridgehead atoms. The molecule has 0 radical (unpaired) electrons. The Kier molecular flexibility index (Phi) is 4.96. The average molecular weight is 390 g/mol. The van der Waals surface area contributed by atoms with Crippen molar-refractivity contribution in [2.24, 2.45) is 0 Å². The topological polar surface area (TPSA) is 51.0 Å². The lowest BCUT2D eigenvalue weighted by atomic mass is 9.98. The van der Waals surface area contributed by atoms with Crippen molar-refractivity contribution in [3.63, 3.8) is 0 Å². The number of benzene rings is 1. The van der Waals surface area contributed by atoms with Gasteiger partial charge in [0, 0.05) is 37.6 Å². The molecular formula is C23H26N4O2. The molecule has 3 aromatic rings. The molecule has 1 N–H and O–H groups in total. The summed E-state index contributed by atoms with van der Waals surface area (Å²) in [6.45, 7) is 3.17. The van der Waals surface area contributed by atoms with E-state index >= 15 is 0 Å². The third-order valence-electron chi connectivity index (χ3n) is 5.77. The lowest BCUT2D eigenvalue weighted by molar-refractivity contribution is 0.146. The number of pyridine rings is 1. The number of hydrogen-bond acceptors (Lipinski definition) is 5. The van der Waals surface area contributed by atoms with Gasteiger partial charge in [-0.3, -0.25) is 0 Å². The van der Waals surface area contributed by atoms with Gasteiger partial charge in [0.2, 0.25) is 0 Å². The van der Waals surface area contributed by atoms with Gasteiger partial charge in [0.15, 0.2) is 0 Å².